The minimum atomic E-state index is 0.504. The molecule has 2 rings (SSSR count). The summed E-state index contributed by atoms with van der Waals surface area (Å²) in [6.07, 6.45) is 1.22. The van der Waals surface area contributed by atoms with Crippen LogP contribution in [0.1, 0.15) is 24.9 Å². The third kappa shape index (κ3) is 2.77. The SMILES string of the molecule is CCC1CSCC(c2ccccc2Br)N1. The second-order valence-electron chi connectivity index (χ2n) is 3.88. The maximum Gasteiger partial charge on any atom is 0.0425 e. The van der Waals surface area contributed by atoms with Gasteiger partial charge in [-0.3, -0.25) is 0 Å². The molecule has 1 nitrogen and oxygen atoms in total. The predicted octanol–water partition coefficient (Wildman–Crippen LogP) is 3.61. The Bertz CT molecular complexity index is 329. The van der Waals surface area contributed by atoms with Gasteiger partial charge >= 0.3 is 0 Å². The highest BCUT2D eigenvalue weighted by Crippen LogP contribution is 2.29. The lowest BCUT2D eigenvalue weighted by molar-refractivity contribution is 0.465. The van der Waals surface area contributed by atoms with E-state index in [0.717, 1.165) is 0 Å². The number of halogens is 1. The summed E-state index contributed by atoms with van der Waals surface area (Å²) in [6.45, 7) is 2.25. The fourth-order valence-corrected chi connectivity index (χ4v) is 3.71. The van der Waals surface area contributed by atoms with Gasteiger partial charge in [0.15, 0.2) is 0 Å². The molecule has 1 saturated heterocycles. The Balaban J connectivity index is 2.13. The third-order valence-corrected chi connectivity index (χ3v) is 4.74. The molecule has 0 amide bonds. The van der Waals surface area contributed by atoms with E-state index in [1.807, 2.05) is 0 Å². The molecule has 1 heterocycles. The molecule has 0 aliphatic carbocycles. The third-order valence-electron chi connectivity index (χ3n) is 2.81. The van der Waals surface area contributed by atoms with E-state index < -0.39 is 0 Å². The molecule has 0 aromatic heterocycles. The highest BCUT2D eigenvalue weighted by atomic mass is 79.9. The molecule has 15 heavy (non-hydrogen) atoms. The molecule has 2 atom stereocenters. The van der Waals surface area contributed by atoms with E-state index in [9.17, 15) is 0 Å². The van der Waals surface area contributed by atoms with E-state index in [-0.39, 0.29) is 0 Å². The van der Waals surface area contributed by atoms with Gasteiger partial charge in [0.2, 0.25) is 0 Å². The van der Waals surface area contributed by atoms with Gasteiger partial charge in [-0.1, -0.05) is 41.1 Å². The molecule has 1 aliphatic rings. The van der Waals surface area contributed by atoms with Crippen LogP contribution in [-0.4, -0.2) is 17.5 Å². The highest BCUT2D eigenvalue weighted by Gasteiger charge is 2.22. The molecule has 1 N–H and O–H groups in total. The first kappa shape index (κ1) is 11.5. The van der Waals surface area contributed by atoms with E-state index >= 15 is 0 Å². The van der Waals surface area contributed by atoms with Gasteiger partial charge < -0.3 is 5.32 Å². The van der Waals surface area contributed by atoms with Crippen LogP contribution in [0.3, 0.4) is 0 Å². The van der Waals surface area contributed by atoms with Crippen molar-refractivity contribution < 1.29 is 0 Å². The molecule has 0 radical (unpaired) electrons. The standard InChI is InChI=1S/C12H16BrNS/c1-2-9-7-15-8-12(14-9)10-5-3-4-6-11(10)13/h3-6,9,12,14H,2,7-8H2,1H3. The Labute approximate surface area is 104 Å². The van der Waals surface area contributed by atoms with Gasteiger partial charge in [-0.05, 0) is 18.1 Å². The van der Waals surface area contributed by atoms with E-state index in [4.69, 9.17) is 0 Å². The topological polar surface area (TPSA) is 12.0 Å². The van der Waals surface area contributed by atoms with Gasteiger partial charge in [0.05, 0.1) is 0 Å². The lowest BCUT2D eigenvalue weighted by Gasteiger charge is -2.30. The van der Waals surface area contributed by atoms with Crippen LogP contribution in [0.5, 0.6) is 0 Å². The smallest absolute Gasteiger partial charge is 0.0425 e. The zero-order valence-corrected chi connectivity index (χ0v) is 11.3. The first-order valence-corrected chi connectivity index (χ1v) is 7.34. The van der Waals surface area contributed by atoms with Crippen LogP contribution >= 0.6 is 27.7 Å². The van der Waals surface area contributed by atoms with Crippen molar-refractivity contribution in [2.24, 2.45) is 0 Å². The molecule has 0 saturated carbocycles. The second-order valence-corrected chi connectivity index (χ2v) is 5.81. The minimum absolute atomic E-state index is 0.504. The zero-order chi connectivity index (χ0) is 10.7. The molecule has 2 unspecified atom stereocenters. The maximum absolute atomic E-state index is 3.71. The quantitative estimate of drug-likeness (QED) is 0.891. The van der Waals surface area contributed by atoms with Crippen LogP contribution in [-0.2, 0) is 0 Å². The lowest BCUT2D eigenvalue weighted by Crippen LogP contribution is -2.39. The largest absolute Gasteiger partial charge is 0.306 e. The summed E-state index contributed by atoms with van der Waals surface area (Å²) >= 11 is 5.68. The molecule has 0 bridgehead atoms. The Morgan fingerprint density at radius 1 is 1.40 bits per heavy atom. The molecule has 0 spiro atoms. The first-order chi connectivity index (χ1) is 7.31. The second kappa shape index (κ2) is 5.37. The molecule has 1 fully saturated rings. The minimum Gasteiger partial charge on any atom is -0.306 e. The molecule has 82 valence electrons. The van der Waals surface area contributed by atoms with Crippen LogP contribution < -0.4 is 5.32 Å². The number of hydrogen-bond donors (Lipinski definition) is 1. The summed E-state index contributed by atoms with van der Waals surface area (Å²) < 4.78 is 1.22. The van der Waals surface area contributed by atoms with Crippen molar-refractivity contribution in [3.63, 3.8) is 0 Å². The fourth-order valence-electron chi connectivity index (χ4n) is 1.88. The summed E-state index contributed by atoms with van der Waals surface area (Å²) in [5.41, 5.74) is 1.39. The van der Waals surface area contributed by atoms with Crippen molar-refractivity contribution in [3.05, 3.63) is 34.3 Å². The fraction of sp³-hybridized carbons (Fsp3) is 0.500. The van der Waals surface area contributed by atoms with Crippen LogP contribution in [0.2, 0.25) is 0 Å². The van der Waals surface area contributed by atoms with Crippen LogP contribution in [0, 0.1) is 0 Å². The summed E-state index contributed by atoms with van der Waals surface area (Å²) in [7, 11) is 0. The van der Waals surface area contributed by atoms with Gasteiger partial charge in [-0.2, -0.15) is 11.8 Å². The Morgan fingerprint density at radius 3 is 2.93 bits per heavy atom. The van der Waals surface area contributed by atoms with Crippen LogP contribution in [0.15, 0.2) is 28.7 Å². The highest BCUT2D eigenvalue weighted by molar-refractivity contribution is 9.10. The maximum atomic E-state index is 3.71. The number of hydrogen-bond acceptors (Lipinski definition) is 2. The van der Waals surface area contributed by atoms with Crippen molar-refractivity contribution in [2.45, 2.75) is 25.4 Å². The van der Waals surface area contributed by atoms with Gasteiger partial charge in [0, 0.05) is 28.1 Å². The number of nitrogens with one attached hydrogen (secondary N) is 1. The lowest BCUT2D eigenvalue weighted by atomic mass is 10.1. The number of thioether (sulfide) groups is 1. The van der Waals surface area contributed by atoms with Crippen LogP contribution in [0.4, 0.5) is 0 Å². The molecule has 1 aromatic carbocycles. The normalized spacial score (nSPS) is 26.5. The summed E-state index contributed by atoms with van der Waals surface area (Å²) in [5, 5.41) is 3.71. The van der Waals surface area contributed by atoms with Crippen molar-refractivity contribution in [1.82, 2.24) is 5.32 Å². The predicted molar refractivity (Wildman–Crippen MR) is 71.4 cm³/mol. The summed E-state index contributed by atoms with van der Waals surface area (Å²) in [5.74, 6) is 2.43. The average Bonchev–Trinajstić information content (AvgIpc) is 2.30. The number of benzene rings is 1. The zero-order valence-electron chi connectivity index (χ0n) is 8.87. The van der Waals surface area contributed by atoms with Gasteiger partial charge in [0.1, 0.15) is 0 Å². The van der Waals surface area contributed by atoms with Crippen molar-refractivity contribution >= 4 is 27.7 Å². The van der Waals surface area contributed by atoms with E-state index in [2.05, 4.69) is 64.2 Å². The van der Waals surface area contributed by atoms with Gasteiger partial charge in [-0.15, -0.1) is 0 Å². The van der Waals surface area contributed by atoms with Gasteiger partial charge in [-0.25, -0.2) is 0 Å². The van der Waals surface area contributed by atoms with Crippen molar-refractivity contribution in [1.29, 1.82) is 0 Å². The number of rotatable bonds is 2. The Kier molecular flexibility index (Phi) is 4.12. The molecular formula is C12H16BrNS. The monoisotopic (exact) mass is 285 g/mol. The summed E-state index contributed by atoms with van der Waals surface area (Å²) in [6, 6.07) is 9.69. The molecule has 1 aliphatic heterocycles. The van der Waals surface area contributed by atoms with Crippen molar-refractivity contribution in [3.8, 4) is 0 Å². The van der Waals surface area contributed by atoms with Gasteiger partial charge in [0.25, 0.3) is 0 Å². The first-order valence-electron chi connectivity index (χ1n) is 5.39. The molecule has 1 aromatic rings. The Hall–Kier alpha value is 0.01000. The summed E-state index contributed by atoms with van der Waals surface area (Å²) in [4.78, 5) is 0. The van der Waals surface area contributed by atoms with Crippen molar-refractivity contribution in [2.75, 3.05) is 11.5 Å². The van der Waals surface area contributed by atoms with E-state index in [1.54, 1.807) is 0 Å². The van der Waals surface area contributed by atoms with Crippen LogP contribution in [0.25, 0.3) is 0 Å². The van der Waals surface area contributed by atoms with E-state index in [0.29, 0.717) is 12.1 Å². The van der Waals surface area contributed by atoms with E-state index in [1.165, 1.54) is 28.0 Å². The molecular weight excluding hydrogens is 270 g/mol. The molecule has 3 heteroatoms. The Morgan fingerprint density at radius 2 is 2.20 bits per heavy atom. The average molecular weight is 286 g/mol.